The van der Waals surface area contributed by atoms with Gasteiger partial charge in [0, 0.05) is 12.6 Å². The molecule has 1 N–H and O–H groups in total. The Morgan fingerprint density at radius 3 is 2.64 bits per heavy atom. The van der Waals surface area contributed by atoms with E-state index in [-0.39, 0.29) is 0 Å². The molecule has 0 aromatic rings. The van der Waals surface area contributed by atoms with Gasteiger partial charge in [0.2, 0.25) is 0 Å². The highest BCUT2D eigenvalue weighted by atomic mass is 15.2. The molecule has 0 aliphatic carbocycles. The standard InChI is InChI=1S/C12H24N2/c1-10-4-3-6-14(7-5-10)12-9-13-8-11(12)2/h10-13H,3-9H2,1-2H3. The Hall–Kier alpha value is -0.0800. The van der Waals surface area contributed by atoms with Gasteiger partial charge in [-0.2, -0.15) is 0 Å². The van der Waals surface area contributed by atoms with Crippen LogP contribution in [0.5, 0.6) is 0 Å². The van der Waals surface area contributed by atoms with Crippen LogP contribution in [-0.2, 0) is 0 Å². The van der Waals surface area contributed by atoms with Gasteiger partial charge in [0.15, 0.2) is 0 Å². The third kappa shape index (κ3) is 2.29. The van der Waals surface area contributed by atoms with E-state index >= 15 is 0 Å². The molecule has 0 bridgehead atoms. The zero-order chi connectivity index (χ0) is 9.97. The van der Waals surface area contributed by atoms with Crippen molar-refractivity contribution in [2.24, 2.45) is 11.8 Å². The van der Waals surface area contributed by atoms with Crippen LogP contribution in [0, 0.1) is 11.8 Å². The van der Waals surface area contributed by atoms with Gasteiger partial charge in [-0.25, -0.2) is 0 Å². The second kappa shape index (κ2) is 4.63. The first-order chi connectivity index (χ1) is 6.77. The normalized spacial score (nSPS) is 41.1. The number of nitrogens with zero attached hydrogens (tertiary/aromatic N) is 1. The molecule has 2 heterocycles. The fourth-order valence-corrected chi connectivity index (χ4v) is 2.90. The predicted molar refractivity (Wildman–Crippen MR) is 60.4 cm³/mol. The second-order valence-corrected chi connectivity index (χ2v) is 5.27. The lowest BCUT2D eigenvalue weighted by atomic mass is 10.0. The van der Waals surface area contributed by atoms with Gasteiger partial charge in [0.05, 0.1) is 0 Å². The van der Waals surface area contributed by atoms with Crippen molar-refractivity contribution in [3.63, 3.8) is 0 Å². The average molecular weight is 196 g/mol. The molecule has 2 aliphatic heterocycles. The van der Waals surface area contributed by atoms with E-state index in [1.165, 1.54) is 45.4 Å². The molecule has 0 aromatic carbocycles. The molecule has 14 heavy (non-hydrogen) atoms. The molecule has 0 saturated carbocycles. The molecule has 2 heteroatoms. The van der Waals surface area contributed by atoms with E-state index in [9.17, 15) is 0 Å². The van der Waals surface area contributed by atoms with Crippen molar-refractivity contribution >= 4 is 0 Å². The molecule has 0 spiro atoms. The summed E-state index contributed by atoms with van der Waals surface area (Å²) in [6.45, 7) is 9.89. The minimum Gasteiger partial charge on any atom is -0.315 e. The molecule has 0 radical (unpaired) electrons. The van der Waals surface area contributed by atoms with E-state index in [4.69, 9.17) is 0 Å². The van der Waals surface area contributed by atoms with Gasteiger partial charge >= 0.3 is 0 Å². The molecule has 3 unspecified atom stereocenters. The van der Waals surface area contributed by atoms with Crippen LogP contribution in [-0.4, -0.2) is 37.1 Å². The maximum Gasteiger partial charge on any atom is 0.0258 e. The molecule has 2 aliphatic rings. The summed E-state index contributed by atoms with van der Waals surface area (Å²) in [5.41, 5.74) is 0. The van der Waals surface area contributed by atoms with Crippen LogP contribution in [0.2, 0.25) is 0 Å². The summed E-state index contributed by atoms with van der Waals surface area (Å²) in [6, 6.07) is 0.820. The zero-order valence-electron chi connectivity index (χ0n) is 9.63. The summed E-state index contributed by atoms with van der Waals surface area (Å²) >= 11 is 0. The van der Waals surface area contributed by atoms with Crippen LogP contribution in [0.25, 0.3) is 0 Å². The van der Waals surface area contributed by atoms with E-state index < -0.39 is 0 Å². The molecule has 0 aromatic heterocycles. The van der Waals surface area contributed by atoms with Crippen LogP contribution in [0.1, 0.15) is 33.1 Å². The highest BCUT2D eigenvalue weighted by Crippen LogP contribution is 2.22. The maximum atomic E-state index is 3.51. The third-order valence-electron chi connectivity index (χ3n) is 4.00. The molecule has 2 fully saturated rings. The fourth-order valence-electron chi connectivity index (χ4n) is 2.90. The van der Waals surface area contributed by atoms with Crippen LogP contribution < -0.4 is 5.32 Å². The average Bonchev–Trinajstić information content (AvgIpc) is 2.46. The Labute approximate surface area is 88.1 Å². The van der Waals surface area contributed by atoms with Gasteiger partial charge in [-0.3, -0.25) is 4.90 Å². The van der Waals surface area contributed by atoms with Crippen molar-refractivity contribution in [3.8, 4) is 0 Å². The fraction of sp³-hybridized carbons (Fsp3) is 1.00. The highest BCUT2D eigenvalue weighted by molar-refractivity contribution is 4.87. The lowest BCUT2D eigenvalue weighted by molar-refractivity contribution is 0.183. The van der Waals surface area contributed by atoms with E-state index in [0.717, 1.165) is 17.9 Å². The quantitative estimate of drug-likeness (QED) is 0.687. The molecule has 2 nitrogen and oxygen atoms in total. The number of likely N-dealkylation sites (tertiary alicyclic amines) is 1. The highest BCUT2D eigenvalue weighted by Gasteiger charge is 2.29. The smallest absolute Gasteiger partial charge is 0.0258 e. The minimum absolute atomic E-state index is 0.820. The summed E-state index contributed by atoms with van der Waals surface area (Å²) in [5, 5.41) is 3.51. The Kier molecular flexibility index (Phi) is 3.45. The van der Waals surface area contributed by atoms with Gasteiger partial charge in [0.1, 0.15) is 0 Å². The van der Waals surface area contributed by atoms with Crippen molar-refractivity contribution in [2.75, 3.05) is 26.2 Å². The number of rotatable bonds is 1. The summed E-state index contributed by atoms with van der Waals surface area (Å²) in [7, 11) is 0. The van der Waals surface area contributed by atoms with Crippen LogP contribution in [0.3, 0.4) is 0 Å². The SMILES string of the molecule is CC1CCCN(C2CNCC2C)CC1. The minimum atomic E-state index is 0.820. The lowest BCUT2D eigenvalue weighted by Gasteiger charge is -2.29. The molecule has 82 valence electrons. The number of hydrogen-bond donors (Lipinski definition) is 1. The second-order valence-electron chi connectivity index (χ2n) is 5.27. The monoisotopic (exact) mass is 196 g/mol. The van der Waals surface area contributed by atoms with Crippen molar-refractivity contribution < 1.29 is 0 Å². The third-order valence-corrected chi connectivity index (χ3v) is 4.00. The first-order valence-electron chi connectivity index (χ1n) is 6.22. The summed E-state index contributed by atoms with van der Waals surface area (Å²) in [6.07, 6.45) is 4.25. The van der Waals surface area contributed by atoms with E-state index in [0.29, 0.717) is 0 Å². The van der Waals surface area contributed by atoms with Crippen molar-refractivity contribution in [3.05, 3.63) is 0 Å². The Balaban J connectivity index is 1.90. The molecule has 2 saturated heterocycles. The Morgan fingerprint density at radius 1 is 1.07 bits per heavy atom. The van der Waals surface area contributed by atoms with Crippen molar-refractivity contribution in [1.29, 1.82) is 0 Å². The summed E-state index contributed by atoms with van der Waals surface area (Å²) in [4.78, 5) is 2.73. The molecule has 3 atom stereocenters. The molecule has 2 rings (SSSR count). The number of hydrogen-bond acceptors (Lipinski definition) is 2. The van der Waals surface area contributed by atoms with Crippen molar-refractivity contribution in [2.45, 2.75) is 39.2 Å². The predicted octanol–water partition coefficient (Wildman–Crippen LogP) is 1.72. The zero-order valence-corrected chi connectivity index (χ0v) is 9.63. The van der Waals surface area contributed by atoms with Gasteiger partial charge < -0.3 is 5.32 Å². The lowest BCUT2D eigenvalue weighted by Crippen LogP contribution is -2.40. The first-order valence-corrected chi connectivity index (χ1v) is 6.22. The van der Waals surface area contributed by atoms with Crippen LogP contribution >= 0.6 is 0 Å². The summed E-state index contributed by atoms with van der Waals surface area (Å²) < 4.78 is 0. The van der Waals surface area contributed by atoms with Crippen LogP contribution in [0.4, 0.5) is 0 Å². The van der Waals surface area contributed by atoms with Gasteiger partial charge in [0.25, 0.3) is 0 Å². The van der Waals surface area contributed by atoms with E-state index in [1.807, 2.05) is 0 Å². The van der Waals surface area contributed by atoms with Gasteiger partial charge in [-0.15, -0.1) is 0 Å². The first kappa shape index (κ1) is 10.4. The number of nitrogens with one attached hydrogen (secondary N) is 1. The maximum absolute atomic E-state index is 3.51. The van der Waals surface area contributed by atoms with Crippen LogP contribution in [0.15, 0.2) is 0 Å². The summed E-state index contributed by atoms with van der Waals surface area (Å²) in [5.74, 6) is 1.80. The van der Waals surface area contributed by atoms with E-state index in [1.54, 1.807) is 0 Å². The van der Waals surface area contributed by atoms with E-state index in [2.05, 4.69) is 24.1 Å². The molecular formula is C12H24N2. The molecule has 0 amide bonds. The Bertz CT molecular complexity index is 181. The van der Waals surface area contributed by atoms with Gasteiger partial charge in [-0.1, -0.05) is 13.8 Å². The molecular weight excluding hydrogens is 172 g/mol. The van der Waals surface area contributed by atoms with Gasteiger partial charge in [-0.05, 0) is 50.7 Å². The largest absolute Gasteiger partial charge is 0.315 e. The van der Waals surface area contributed by atoms with Crippen molar-refractivity contribution in [1.82, 2.24) is 10.2 Å². The topological polar surface area (TPSA) is 15.3 Å². The Morgan fingerprint density at radius 2 is 1.93 bits per heavy atom.